The Morgan fingerprint density at radius 1 is 1.20 bits per heavy atom. The smallest absolute Gasteiger partial charge is 0.263 e. The van der Waals surface area contributed by atoms with Crippen LogP contribution in [-0.4, -0.2) is 39.7 Å². The number of aromatic amines is 1. The minimum absolute atomic E-state index is 0.0566. The zero-order chi connectivity index (χ0) is 17.9. The third kappa shape index (κ3) is 3.97. The topological polar surface area (TPSA) is 97.7 Å². The number of sulfone groups is 1. The Labute approximate surface area is 146 Å². The number of nitrogens with one attached hydrogen (secondary N) is 1. The summed E-state index contributed by atoms with van der Waals surface area (Å²) in [4.78, 5) is 15.9. The highest BCUT2D eigenvalue weighted by Crippen LogP contribution is 2.19. The van der Waals surface area contributed by atoms with Crippen molar-refractivity contribution in [1.29, 1.82) is 0 Å². The van der Waals surface area contributed by atoms with Crippen LogP contribution >= 0.6 is 11.8 Å². The average molecular weight is 380 g/mol. The van der Waals surface area contributed by atoms with Crippen molar-refractivity contribution >= 4 is 21.6 Å². The summed E-state index contributed by atoms with van der Waals surface area (Å²) in [5, 5.41) is 6.59. The van der Waals surface area contributed by atoms with Crippen LogP contribution in [0.15, 0.2) is 63.6 Å². The molecule has 0 atom stereocenters. The van der Waals surface area contributed by atoms with Crippen LogP contribution in [0.25, 0.3) is 5.69 Å². The Balaban J connectivity index is 1.73. The lowest BCUT2D eigenvalue weighted by molar-refractivity contribution is 0.596. The van der Waals surface area contributed by atoms with E-state index in [1.54, 1.807) is 18.3 Å². The predicted molar refractivity (Wildman–Crippen MR) is 91.2 cm³/mol. The second-order valence-corrected chi connectivity index (χ2v) is 8.15. The third-order valence-electron chi connectivity index (χ3n) is 3.30. The molecule has 0 amide bonds. The second kappa shape index (κ2) is 7.19. The SMILES string of the molecule is O=c1[nH]nc(SCCS(=O)(=O)c2ccc(F)cc2)n1-c1cccnc1. The van der Waals surface area contributed by atoms with Gasteiger partial charge in [-0.15, -0.1) is 5.10 Å². The van der Waals surface area contributed by atoms with E-state index in [0.29, 0.717) is 10.8 Å². The van der Waals surface area contributed by atoms with Gasteiger partial charge in [-0.25, -0.2) is 27.3 Å². The van der Waals surface area contributed by atoms with Gasteiger partial charge in [0, 0.05) is 11.9 Å². The average Bonchev–Trinajstić information content (AvgIpc) is 2.96. The van der Waals surface area contributed by atoms with Crippen LogP contribution in [0.4, 0.5) is 4.39 Å². The predicted octanol–water partition coefficient (Wildman–Crippen LogP) is 1.66. The maximum Gasteiger partial charge on any atom is 0.348 e. The monoisotopic (exact) mass is 380 g/mol. The van der Waals surface area contributed by atoms with Crippen LogP contribution in [0, 0.1) is 5.82 Å². The van der Waals surface area contributed by atoms with Crippen molar-refractivity contribution in [2.45, 2.75) is 10.1 Å². The van der Waals surface area contributed by atoms with Crippen LogP contribution in [-0.2, 0) is 9.84 Å². The highest BCUT2D eigenvalue weighted by molar-refractivity contribution is 8.00. The van der Waals surface area contributed by atoms with Gasteiger partial charge in [0.05, 0.1) is 22.5 Å². The van der Waals surface area contributed by atoms with E-state index in [9.17, 15) is 17.6 Å². The maximum atomic E-state index is 12.9. The molecule has 0 aliphatic rings. The van der Waals surface area contributed by atoms with Gasteiger partial charge in [-0.1, -0.05) is 11.8 Å². The second-order valence-electron chi connectivity index (χ2n) is 4.98. The molecule has 7 nitrogen and oxygen atoms in total. The lowest BCUT2D eigenvalue weighted by atomic mass is 10.4. The van der Waals surface area contributed by atoms with Gasteiger partial charge in [0.15, 0.2) is 15.0 Å². The summed E-state index contributed by atoms with van der Waals surface area (Å²) < 4.78 is 38.7. The highest BCUT2D eigenvalue weighted by Gasteiger charge is 2.16. The minimum atomic E-state index is -3.54. The Hall–Kier alpha value is -2.46. The van der Waals surface area contributed by atoms with Crippen LogP contribution in [0.2, 0.25) is 0 Å². The number of halogens is 1. The summed E-state index contributed by atoms with van der Waals surface area (Å²) in [6.07, 6.45) is 3.09. The van der Waals surface area contributed by atoms with Crippen LogP contribution in [0.3, 0.4) is 0 Å². The summed E-state index contributed by atoms with van der Waals surface area (Å²) in [6, 6.07) is 8.05. The summed E-state index contributed by atoms with van der Waals surface area (Å²) in [5.41, 5.74) is 0.0991. The fraction of sp³-hybridized carbons (Fsp3) is 0.133. The van der Waals surface area contributed by atoms with Gasteiger partial charge >= 0.3 is 5.69 Å². The molecule has 10 heteroatoms. The third-order valence-corrected chi connectivity index (χ3v) is 6.23. The molecule has 0 radical (unpaired) electrons. The van der Waals surface area contributed by atoms with E-state index in [2.05, 4.69) is 15.2 Å². The van der Waals surface area contributed by atoms with Crippen LogP contribution in [0.1, 0.15) is 0 Å². The van der Waals surface area contributed by atoms with E-state index in [4.69, 9.17) is 0 Å². The zero-order valence-corrected chi connectivity index (χ0v) is 14.4. The fourth-order valence-corrected chi connectivity index (χ4v) is 4.70. The largest absolute Gasteiger partial charge is 0.348 e. The zero-order valence-electron chi connectivity index (χ0n) is 12.8. The molecule has 0 saturated heterocycles. The first kappa shape index (κ1) is 17.4. The van der Waals surface area contributed by atoms with Crippen molar-refractivity contribution in [1.82, 2.24) is 19.7 Å². The van der Waals surface area contributed by atoms with E-state index in [-0.39, 0.29) is 16.4 Å². The Kier molecular flexibility index (Phi) is 5.00. The molecule has 3 aromatic rings. The molecule has 2 heterocycles. The van der Waals surface area contributed by atoms with E-state index in [0.717, 1.165) is 23.9 Å². The first-order valence-electron chi connectivity index (χ1n) is 7.16. The maximum absolute atomic E-state index is 12.9. The van der Waals surface area contributed by atoms with Gasteiger partial charge in [-0.2, -0.15) is 0 Å². The molecule has 0 aliphatic carbocycles. The Morgan fingerprint density at radius 3 is 2.64 bits per heavy atom. The van der Waals surface area contributed by atoms with Gasteiger partial charge in [0.25, 0.3) is 0 Å². The lowest BCUT2D eigenvalue weighted by Crippen LogP contribution is -2.16. The van der Waals surface area contributed by atoms with Gasteiger partial charge in [-0.05, 0) is 36.4 Å². The van der Waals surface area contributed by atoms with Crippen molar-refractivity contribution in [3.8, 4) is 5.69 Å². The van der Waals surface area contributed by atoms with Gasteiger partial charge < -0.3 is 0 Å². The summed E-state index contributed by atoms with van der Waals surface area (Å²) >= 11 is 1.13. The van der Waals surface area contributed by atoms with Crippen molar-refractivity contribution in [2.75, 3.05) is 11.5 Å². The first-order valence-corrected chi connectivity index (χ1v) is 9.80. The molecule has 2 aromatic heterocycles. The number of hydrogen-bond acceptors (Lipinski definition) is 6. The molecule has 1 N–H and O–H groups in total. The number of nitrogens with zero attached hydrogens (tertiary/aromatic N) is 3. The molecule has 25 heavy (non-hydrogen) atoms. The molecular weight excluding hydrogens is 367 g/mol. The normalized spacial score (nSPS) is 11.6. The summed E-state index contributed by atoms with van der Waals surface area (Å²) in [6.45, 7) is 0. The van der Waals surface area contributed by atoms with Crippen LogP contribution < -0.4 is 5.69 Å². The summed E-state index contributed by atoms with van der Waals surface area (Å²) in [5.74, 6) is -0.480. The highest BCUT2D eigenvalue weighted by atomic mass is 32.2. The minimum Gasteiger partial charge on any atom is -0.263 e. The van der Waals surface area contributed by atoms with Gasteiger partial charge in [0.2, 0.25) is 0 Å². The van der Waals surface area contributed by atoms with Crippen molar-refractivity contribution in [3.05, 3.63) is 65.1 Å². The Morgan fingerprint density at radius 2 is 1.96 bits per heavy atom. The van der Waals surface area contributed by atoms with Crippen molar-refractivity contribution in [3.63, 3.8) is 0 Å². The van der Waals surface area contributed by atoms with E-state index >= 15 is 0 Å². The van der Waals surface area contributed by atoms with Gasteiger partial charge in [-0.3, -0.25) is 4.98 Å². The molecule has 0 aliphatic heterocycles. The number of H-pyrrole nitrogens is 1. The number of benzene rings is 1. The molecule has 130 valence electrons. The van der Waals surface area contributed by atoms with Gasteiger partial charge in [0.1, 0.15) is 5.82 Å². The molecule has 0 unspecified atom stereocenters. The molecule has 0 saturated carbocycles. The lowest BCUT2D eigenvalue weighted by Gasteiger charge is -2.06. The molecule has 0 spiro atoms. The fourth-order valence-electron chi connectivity index (χ4n) is 2.10. The summed E-state index contributed by atoms with van der Waals surface area (Å²) in [7, 11) is -3.54. The Bertz CT molecular complexity index is 1010. The standard InChI is InChI=1S/C15H13FN4O3S2/c16-11-3-5-13(6-4-11)25(22,23)9-8-24-15-19-18-14(21)20(15)12-2-1-7-17-10-12/h1-7,10H,8-9H2,(H,18,21). The van der Waals surface area contributed by atoms with E-state index in [1.165, 1.54) is 22.9 Å². The van der Waals surface area contributed by atoms with Crippen LogP contribution in [0.5, 0.6) is 0 Å². The number of pyridine rings is 1. The molecule has 0 bridgehead atoms. The first-order chi connectivity index (χ1) is 12.0. The number of thioether (sulfide) groups is 1. The molecule has 3 rings (SSSR count). The van der Waals surface area contributed by atoms with E-state index < -0.39 is 21.3 Å². The van der Waals surface area contributed by atoms with Crippen molar-refractivity contribution in [2.24, 2.45) is 0 Å². The van der Waals surface area contributed by atoms with Crippen molar-refractivity contribution < 1.29 is 12.8 Å². The number of aromatic nitrogens is 4. The van der Waals surface area contributed by atoms with E-state index in [1.807, 2.05) is 0 Å². The molecular formula is C15H13FN4O3S2. The molecule has 1 aromatic carbocycles. The molecule has 0 fully saturated rings. The quantitative estimate of drug-likeness (QED) is 0.516. The number of hydrogen-bond donors (Lipinski definition) is 1. The number of rotatable bonds is 6.